The molecule has 0 amide bonds. The van der Waals surface area contributed by atoms with Crippen LogP contribution in [0.4, 0.5) is 5.69 Å². The number of unbranched alkanes of at least 4 members (excludes halogenated alkanes) is 6. The molecule has 6 nitrogen and oxygen atoms in total. The van der Waals surface area contributed by atoms with E-state index in [9.17, 15) is 4.79 Å². The van der Waals surface area contributed by atoms with Gasteiger partial charge in [0.05, 0.1) is 5.52 Å². The van der Waals surface area contributed by atoms with Gasteiger partial charge in [-0.25, -0.2) is 8.75 Å². The Morgan fingerprint density at radius 2 is 1.81 bits per heavy atom. The summed E-state index contributed by atoms with van der Waals surface area (Å²) in [5.41, 5.74) is 5.05. The molecule has 0 saturated heterocycles. The molecule has 37 heavy (non-hydrogen) atoms. The Bertz CT molecular complexity index is 1310. The van der Waals surface area contributed by atoms with Crippen molar-refractivity contribution in [2.75, 3.05) is 18.4 Å². The van der Waals surface area contributed by atoms with Gasteiger partial charge in [-0.3, -0.25) is 14.5 Å². The van der Waals surface area contributed by atoms with Gasteiger partial charge in [0, 0.05) is 47.5 Å². The quantitative estimate of drug-likeness (QED) is 0.233. The van der Waals surface area contributed by atoms with E-state index in [1.54, 1.807) is 3.96 Å². The first-order valence-electron chi connectivity index (χ1n) is 14.2. The van der Waals surface area contributed by atoms with Gasteiger partial charge in [0.25, 0.3) is 0 Å². The molecule has 0 radical (unpaired) electrons. The molecule has 0 atom stereocenters. The number of hydrogen-bond donors (Lipinski definition) is 1. The van der Waals surface area contributed by atoms with Crippen LogP contribution in [0.5, 0.6) is 0 Å². The lowest BCUT2D eigenvalue weighted by Gasteiger charge is -2.22. The Morgan fingerprint density at radius 1 is 1.08 bits per heavy atom. The van der Waals surface area contributed by atoms with E-state index in [-0.39, 0.29) is 11.7 Å². The Morgan fingerprint density at radius 3 is 2.57 bits per heavy atom. The minimum atomic E-state index is 0.0668. The summed E-state index contributed by atoms with van der Waals surface area (Å²) in [5, 5.41) is 5.73. The van der Waals surface area contributed by atoms with Crippen LogP contribution >= 0.6 is 23.1 Å². The predicted octanol–water partition coefficient (Wildman–Crippen LogP) is 7.14. The van der Waals surface area contributed by atoms with E-state index in [1.165, 1.54) is 85.2 Å². The number of aromatic nitrogens is 3. The molecule has 2 heterocycles. The maximum absolute atomic E-state index is 12.4. The summed E-state index contributed by atoms with van der Waals surface area (Å²) in [6.45, 7) is 8.61. The van der Waals surface area contributed by atoms with E-state index >= 15 is 0 Å². The molecular weight excluding hydrogens is 502 g/mol. The Kier molecular flexibility index (Phi) is 10.3. The first-order chi connectivity index (χ1) is 18.0. The number of aryl methyl sites for hydroxylation is 2. The van der Waals surface area contributed by atoms with Gasteiger partial charge in [0.2, 0.25) is 4.80 Å². The van der Waals surface area contributed by atoms with Crippen LogP contribution < -0.4 is 15.8 Å². The van der Waals surface area contributed by atoms with Crippen LogP contribution in [0.3, 0.4) is 0 Å². The molecule has 1 aromatic carbocycles. The summed E-state index contributed by atoms with van der Waals surface area (Å²) in [6, 6.07) is 6.24. The lowest BCUT2D eigenvalue weighted by molar-refractivity contribution is 0.536. The van der Waals surface area contributed by atoms with Crippen molar-refractivity contribution in [2.45, 2.75) is 104 Å². The molecule has 0 spiro atoms. The van der Waals surface area contributed by atoms with E-state index in [0.29, 0.717) is 6.54 Å². The summed E-state index contributed by atoms with van der Waals surface area (Å²) in [5.74, 6) is 0. The van der Waals surface area contributed by atoms with Crippen LogP contribution in [0.2, 0.25) is 5.02 Å². The van der Waals surface area contributed by atoms with Crippen molar-refractivity contribution in [1.82, 2.24) is 13.5 Å². The zero-order valence-electron chi connectivity index (χ0n) is 22.7. The average molecular weight is 544 g/mol. The predicted molar refractivity (Wildman–Crippen MR) is 157 cm³/mol. The van der Waals surface area contributed by atoms with E-state index in [4.69, 9.17) is 21.6 Å². The number of fused-ring (bicyclic) bond motifs is 2. The van der Waals surface area contributed by atoms with Gasteiger partial charge in [-0.05, 0) is 94.6 Å². The van der Waals surface area contributed by atoms with Gasteiger partial charge < -0.3 is 5.32 Å². The molecule has 1 aliphatic carbocycles. The molecule has 4 rings (SSSR count). The van der Waals surface area contributed by atoms with Crippen molar-refractivity contribution >= 4 is 39.7 Å². The second kappa shape index (κ2) is 13.6. The fourth-order valence-electron chi connectivity index (χ4n) is 5.24. The van der Waals surface area contributed by atoms with Crippen molar-refractivity contribution in [3.8, 4) is 0 Å². The molecule has 0 unspecified atom stereocenters. The second-order valence-corrected chi connectivity index (χ2v) is 11.8. The molecule has 8 heteroatoms. The SMILES string of the molecule is CCn1sc(=NCCCCCCCCCNc2c3c(nc4cc(Cl)ccc24)CCCC3)n(C(C)C)c1=O. The van der Waals surface area contributed by atoms with Crippen LogP contribution in [-0.4, -0.2) is 26.6 Å². The number of nitrogens with one attached hydrogen (secondary N) is 1. The minimum absolute atomic E-state index is 0.0668. The normalized spacial score (nSPS) is 14.0. The van der Waals surface area contributed by atoms with Crippen molar-refractivity contribution in [2.24, 2.45) is 4.99 Å². The van der Waals surface area contributed by atoms with E-state index < -0.39 is 0 Å². The number of rotatable bonds is 13. The van der Waals surface area contributed by atoms with Gasteiger partial charge in [0.1, 0.15) is 0 Å². The highest BCUT2D eigenvalue weighted by Crippen LogP contribution is 2.34. The third kappa shape index (κ3) is 7.05. The zero-order valence-corrected chi connectivity index (χ0v) is 24.3. The maximum Gasteiger partial charge on any atom is 0.340 e. The molecule has 0 saturated carbocycles. The summed E-state index contributed by atoms with van der Waals surface area (Å²) in [4.78, 5) is 23.0. The number of nitrogens with zero attached hydrogens (tertiary/aromatic N) is 4. The highest BCUT2D eigenvalue weighted by atomic mass is 35.5. The lowest BCUT2D eigenvalue weighted by Crippen LogP contribution is -2.31. The smallest absolute Gasteiger partial charge is 0.340 e. The highest BCUT2D eigenvalue weighted by molar-refractivity contribution is 7.03. The monoisotopic (exact) mass is 543 g/mol. The third-order valence-corrected chi connectivity index (χ3v) is 8.59. The van der Waals surface area contributed by atoms with Crippen LogP contribution in [-0.2, 0) is 19.4 Å². The van der Waals surface area contributed by atoms with Gasteiger partial charge in [-0.2, -0.15) is 0 Å². The van der Waals surface area contributed by atoms with Gasteiger partial charge in [-0.1, -0.05) is 43.7 Å². The molecule has 0 bridgehead atoms. The molecule has 0 aliphatic heterocycles. The van der Waals surface area contributed by atoms with Crippen LogP contribution in [0.1, 0.15) is 95.9 Å². The van der Waals surface area contributed by atoms with Crippen molar-refractivity contribution < 1.29 is 0 Å². The summed E-state index contributed by atoms with van der Waals surface area (Å²) in [6.07, 6.45) is 13.2. The van der Waals surface area contributed by atoms with Gasteiger partial charge >= 0.3 is 5.69 Å². The highest BCUT2D eigenvalue weighted by Gasteiger charge is 2.18. The van der Waals surface area contributed by atoms with E-state index in [2.05, 4.69) is 11.4 Å². The fourth-order valence-corrected chi connectivity index (χ4v) is 6.42. The zero-order chi connectivity index (χ0) is 26.2. The molecule has 202 valence electrons. The lowest BCUT2D eigenvalue weighted by atomic mass is 9.92. The summed E-state index contributed by atoms with van der Waals surface area (Å²) in [7, 11) is 0. The molecule has 0 fully saturated rings. The van der Waals surface area contributed by atoms with Crippen LogP contribution in [0, 0.1) is 0 Å². The van der Waals surface area contributed by atoms with Crippen LogP contribution in [0.25, 0.3) is 10.9 Å². The average Bonchev–Trinajstić information content (AvgIpc) is 3.21. The van der Waals surface area contributed by atoms with Crippen molar-refractivity contribution in [3.05, 3.63) is 49.8 Å². The van der Waals surface area contributed by atoms with Crippen molar-refractivity contribution in [3.63, 3.8) is 0 Å². The maximum atomic E-state index is 12.4. The number of pyridine rings is 1. The molecule has 2 aromatic heterocycles. The first kappa shape index (κ1) is 27.9. The Balaban J connectivity index is 1.17. The topological polar surface area (TPSA) is 64.2 Å². The van der Waals surface area contributed by atoms with Crippen LogP contribution in [0.15, 0.2) is 28.0 Å². The first-order valence-corrected chi connectivity index (χ1v) is 15.3. The Labute approximate surface area is 230 Å². The van der Waals surface area contributed by atoms with E-state index in [0.717, 1.165) is 47.7 Å². The summed E-state index contributed by atoms with van der Waals surface area (Å²) < 4.78 is 3.61. The number of hydrogen-bond acceptors (Lipinski definition) is 5. The molecule has 1 aliphatic rings. The molecule has 3 aromatic rings. The second-order valence-electron chi connectivity index (χ2n) is 10.4. The number of halogens is 1. The molecule has 1 N–H and O–H groups in total. The third-order valence-electron chi connectivity index (χ3n) is 7.23. The van der Waals surface area contributed by atoms with Gasteiger partial charge in [-0.15, -0.1) is 0 Å². The fraction of sp³-hybridized carbons (Fsp3) is 0.621. The largest absolute Gasteiger partial charge is 0.384 e. The Hall–Kier alpha value is -2.12. The summed E-state index contributed by atoms with van der Waals surface area (Å²) >= 11 is 7.73. The molecular formula is C29H42ClN5OS. The number of benzene rings is 1. The van der Waals surface area contributed by atoms with Gasteiger partial charge in [0.15, 0.2) is 0 Å². The van der Waals surface area contributed by atoms with E-state index in [1.807, 2.05) is 37.5 Å². The van der Waals surface area contributed by atoms with Crippen molar-refractivity contribution in [1.29, 1.82) is 0 Å². The standard InChI is InChI=1S/C29H42ClN5OS/c1-4-34-29(36)35(21(2)3)28(37-34)32-19-13-9-7-5-6-8-12-18-31-27-23-14-10-11-15-25(23)33-26-20-22(30)16-17-24(26)27/h16-17,20-21H,4-15,18-19H2,1-3H3,(H,31,33). The minimum Gasteiger partial charge on any atom is -0.384 e. The number of anilines is 1.